The molecular formula is C32H42N2O6S. The standard InChI is InChI=1S/C32H42N2O6S/c1-2-3-4-5-6-7-8-9-10-11-20-41(38,39)34-27-16-13-17-29(22-27)40-24-33-26-15-12-14-25(21-26)32(37)30-19-18-28(35)23-31(30)36/h12-19,21-23,33-36H,2-11,20,24H2,1H3. The van der Waals surface area contributed by atoms with E-state index in [2.05, 4.69) is 17.0 Å². The van der Waals surface area contributed by atoms with Crippen LogP contribution in [0.15, 0.2) is 66.7 Å². The van der Waals surface area contributed by atoms with E-state index < -0.39 is 10.0 Å². The lowest BCUT2D eigenvalue weighted by Gasteiger charge is -2.12. The summed E-state index contributed by atoms with van der Waals surface area (Å²) in [5.41, 5.74) is 1.51. The number of hydrogen-bond acceptors (Lipinski definition) is 7. The normalized spacial score (nSPS) is 11.2. The van der Waals surface area contributed by atoms with Crippen LogP contribution in [0.3, 0.4) is 0 Å². The number of carbonyl (C=O) groups excluding carboxylic acids is 1. The molecule has 0 radical (unpaired) electrons. The summed E-state index contributed by atoms with van der Waals surface area (Å²) in [6.07, 6.45) is 11.5. The summed E-state index contributed by atoms with van der Waals surface area (Å²) in [6.45, 7) is 2.30. The van der Waals surface area contributed by atoms with Crippen LogP contribution in [0.2, 0.25) is 0 Å². The molecule has 4 N–H and O–H groups in total. The summed E-state index contributed by atoms with van der Waals surface area (Å²) in [5, 5.41) is 22.5. The Kier molecular flexibility index (Phi) is 12.8. The average molecular weight is 583 g/mol. The first-order chi connectivity index (χ1) is 19.8. The zero-order valence-corrected chi connectivity index (χ0v) is 24.6. The third-order valence-electron chi connectivity index (χ3n) is 6.74. The molecule has 0 aliphatic rings. The molecule has 0 amide bonds. The van der Waals surface area contributed by atoms with Gasteiger partial charge in [-0.25, -0.2) is 8.42 Å². The lowest BCUT2D eigenvalue weighted by Crippen LogP contribution is -2.16. The summed E-state index contributed by atoms with van der Waals surface area (Å²) in [5.74, 6) is -0.233. The number of hydrogen-bond donors (Lipinski definition) is 4. The molecule has 8 nitrogen and oxygen atoms in total. The van der Waals surface area contributed by atoms with Crippen LogP contribution in [0.5, 0.6) is 17.2 Å². The van der Waals surface area contributed by atoms with Gasteiger partial charge >= 0.3 is 0 Å². The Morgan fingerprint density at radius 2 is 1.44 bits per heavy atom. The predicted molar refractivity (Wildman–Crippen MR) is 164 cm³/mol. The van der Waals surface area contributed by atoms with Gasteiger partial charge in [-0.3, -0.25) is 9.52 Å². The minimum Gasteiger partial charge on any atom is -0.508 e. The van der Waals surface area contributed by atoms with Crippen molar-refractivity contribution in [1.29, 1.82) is 0 Å². The molecule has 0 aliphatic carbocycles. The SMILES string of the molecule is CCCCCCCCCCCCS(=O)(=O)Nc1cccc(OCNc2cccc(C(=O)c3ccc(O)cc3O)c2)c1. The fourth-order valence-corrected chi connectivity index (χ4v) is 5.67. The fourth-order valence-electron chi connectivity index (χ4n) is 4.50. The Bertz CT molecular complexity index is 1360. The van der Waals surface area contributed by atoms with Crippen molar-refractivity contribution in [3.05, 3.63) is 77.9 Å². The van der Waals surface area contributed by atoms with E-state index in [-0.39, 0.29) is 35.3 Å². The number of ketones is 1. The maximum atomic E-state index is 12.8. The molecule has 3 aromatic carbocycles. The van der Waals surface area contributed by atoms with Crippen LogP contribution < -0.4 is 14.8 Å². The van der Waals surface area contributed by atoms with Gasteiger partial charge in [-0.15, -0.1) is 0 Å². The van der Waals surface area contributed by atoms with Crippen LogP contribution >= 0.6 is 0 Å². The van der Waals surface area contributed by atoms with E-state index in [4.69, 9.17) is 4.74 Å². The van der Waals surface area contributed by atoms with Crippen LogP contribution in [-0.2, 0) is 10.0 Å². The minimum absolute atomic E-state index is 0.0803. The first-order valence-electron chi connectivity index (χ1n) is 14.4. The number of unbranched alkanes of at least 4 members (excludes halogenated alkanes) is 9. The number of anilines is 2. The first-order valence-corrected chi connectivity index (χ1v) is 16.1. The number of aromatic hydroxyl groups is 2. The van der Waals surface area contributed by atoms with Crippen molar-refractivity contribution >= 4 is 27.2 Å². The van der Waals surface area contributed by atoms with Gasteiger partial charge in [0.05, 0.1) is 17.0 Å². The van der Waals surface area contributed by atoms with E-state index in [1.165, 1.54) is 50.7 Å². The zero-order valence-electron chi connectivity index (χ0n) is 23.8. The molecule has 3 aromatic rings. The number of ether oxygens (including phenoxy) is 1. The summed E-state index contributed by atoms with van der Waals surface area (Å²) in [7, 11) is -3.45. The molecule has 0 saturated carbocycles. The number of phenolic OH excluding ortho intramolecular Hbond substituents is 2. The van der Waals surface area contributed by atoms with Crippen molar-refractivity contribution in [1.82, 2.24) is 0 Å². The van der Waals surface area contributed by atoms with Gasteiger partial charge in [-0.05, 0) is 42.8 Å². The minimum atomic E-state index is -3.45. The van der Waals surface area contributed by atoms with Crippen LogP contribution in [-0.4, -0.2) is 36.9 Å². The van der Waals surface area contributed by atoms with E-state index in [1.807, 2.05) is 0 Å². The predicted octanol–water partition coefficient (Wildman–Crippen LogP) is 7.44. The summed E-state index contributed by atoms with van der Waals surface area (Å²) in [4.78, 5) is 12.8. The molecule has 41 heavy (non-hydrogen) atoms. The molecule has 222 valence electrons. The number of benzene rings is 3. The Labute approximate surface area is 243 Å². The lowest BCUT2D eigenvalue weighted by molar-refractivity contribution is 0.103. The van der Waals surface area contributed by atoms with Crippen molar-refractivity contribution in [3.8, 4) is 17.2 Å². The third kappa shape index (κ3) is 11.4. The van der Waals surface area contributed by atoms with Crippen molar-refractivity contribution in [3.63, 3.8) is 0 Å². The number of phenols is 2. The first kappa shape index (κ1) is 31.8. The van der Waals surface area contributed by atoms with Crippen molar-refractivity contribution < 1.29 is 28.2 Å². The molecule has 0 spiro atoms. The Morgan fingerprint density at radius 3 is 2.15 bits per heavy atom. The van der Waals surface area contributed by atoms with Crippen LogP contribution in [0.4, 0.5) is 11.4 Å². The molecule has 0 heterocycles. The second-order valence-electron chi connectivity index (χ2n) is 10.2. The van der Waals surface area contributed by atoms with Crippen LogP contribution in [0.1, 0.15) is 87.1 Å². The van der Waals surface area contributed by atoms with E-state index in [1.54, 1.807) is 48.5 Å². The third-order valence-corrected chi connectivity index (χ3v) is 8.11. The monoisotopic (exact) mass is 582 g/mol. The van der Waals surface area contributed by atoms with Crippen LogP contribution in [0, 0.1) is 0 Å². The largest absolute Gasteiger partial charge is 0.508 e. The second-order valence-corrected chi connectivity index (χ2v) is 12.0. The molecule has 0 aliphatic heterocycles. The maximum absolute atomic E-state index is 12.8. The molecular weight excluding hydrogens is 540 g/mol. The molecule has 0 aromatic heterocycles. The highest BCUT2D eigenvalue weighted by Gasteiger charge is 2.15. The van der Waals surface area contributed by atoms with Gasteiger partial charge in [0, 0.05) is 23.4 Å². The van der Waals surface area contributed by atoms with E-state index >= 15 is 0 Å². The number of nitrogens with one attached hydrogen (secondary N) is 2. The molecule has 0 fully saturated rings. The quantitative estimate of drug-likeness (QED) is 0.0657. The fraction of sp³-hybridized carbons (Fsp3) is 0.406. The highest BCUT2D eigenvalue weighted by Crippen LogP contribution is 2.26. The van der Waals surface area contributed by atoms with Crippen molar-refractivity contribution in [2.24, 2.45) is 0 Å². The Morgan fingerprint density at radius 1 is 0.780 bits per heavy atom. The molecule has 3 rings (SSSR count). The second kappa shape index (κ2) is 16.5. The van der Waals surface area contributed by atoms with Gasteiger partial charge in [0.25, 0.3) is 0 Å². The Balaban J connectivity index is 1.41. The van der Waals surface area contributed by atoms with Gasteiger partial charge in [0.2, 0.25) is 10.0 Å². The summed E-state index contributed by atoms with van der Waals surface area (Å²) >= 11 is 0. The highest BCUT2D eigenvalue weighted by atomic mass is 32.2. The van der Waals surface area contributed by atoms with E-state index in [9.17, 15) is 23.4 Å². The van der Waals surface area contributed by atoms with Crippen LogP contribution in [0.25, 0.3) is 0 Å². The van der Waals surface area contributed by atoms with E-state index in [0.29, 0.717) is 29.1 Å². The van der Waals surface area contributed by atoms with Gasteiger partial charge in [-0.1, -0.05) is 82.9 Å². The maximum Gasteiger partial charge on any atom is 0.232 e. The van der Waals surface area contributed by atoms with Gasteiger partial charge in [0.15, 0.2) is 12.5 Å². The summed E-state index contributed by atoms with van der Waals surface area (Å²) in [6, 6.07) is 17.3. The molecule has 9 heteroatoms. The number of rotatable bonds is 19. The van der Waals surface area contributed by atoms with Crippen molar-refractivity contribution in [2.45, 2.75) is 71.1 Å². The lowest BCUT2D eigenvalue weighted by atomic mass is 10.0. The number of carbonyl (C=O) groups is 1. The van der Waals surface area contributed by atoms with Gasteiger partial charge < -0.3 is 20.3 Å². The van der Waals surface area contributed by atoms with Crippen molar-refractivity contribution in [2.75, 3.05) is 22.5 Å². The molecule has 0 unspecified atom stereocenters. The Hall–Kier alpha value is -3.72. The smallest absolute Gasteiger partial charge is 0.232 e. The van der Waals surface area contributed by atoms with Gasteiger partial charge in [0.1, 0.15) is 17.2 Å². The molecule has 0 bridgehead atoms. The molecule has 0 saturated heterocycles. The highest BCUT2D eigenvalue weighted by molar-refractivity contribution is 7.92. The summed E-state index contributed by atoms with van der Waals surface area (Å²) < 4.78 is 33.5. The topological polar surface area (TPSA) is 125 Å². The van der Waals surface area contributed by atoms with Gasteiger partial charge in [-0.2, -0.15) is 0 Å². The number of sulfonamides is 1. The van der Waals surface area contributed by atoms with E-state index in [0.717, 1.165) is 25.3 Å². The zero-order chi connectivity index (χ0) is 29.5. The molecule has 0 atom stereocenters. The average Bonchev–Trinajstić information content (AvgIpc) is 2.94.